The number of rotatable bonds is 2. The molecule has 0 aromatic rings. The Morgan fingerprint density at radius 2 is 1.22 bits per heavy atom. The third-order valence-electron chi connectivity index (χ3n) is 12.0. The predicted octanol–water partition coefficient (Wildman–Crippen LogP) is 4.55. The van der Waals surface area contributed by atoms with Crippen molar-refractivity contribution in [2.45, 2.75) is 51.0 Å². The van der Waals surface area contributed by atoms with Gasteiger partial charge in [0.05, 0.1) is 0 Å². The van der Waals surface area contributed by atoms with Crippen LogP contribution in [0.15, 0.2) is 12.7 Å². The van der Waals surface area contributed by atoms with Gasteiger partial charge in [-0.2, -0.15) is 0 Å². The van der Waals surface area contributed by atoms with E-state index < -0.39 is 0 Å². The van der Waals surface area contributed by atoms with Crippen LogP contribution in [0.2, 0.25) is 0 Å². The molecule has 8 aliphatic rings. The molecule has 0 spiro atoms. The normalized spacial score (nSPS) is 67.6. The van der Waals surface area contributed by atoms with Crippen LogP contribution >= 0.6 is 0 Å². The lowest BCUT2D eigenvalue weighted by Gasteiger charge is -2.51. The van der Waals surface area contributed by atoms with E-state index in [1.165, 1.54) is 12.5 Å². The highest BCUT2D eigenvalue weighted by molar-refractivity contribution is 5.81. The zero-order valence-electron chi connectivity index (χ0n) is 16.2. The number of carbonyl (C=O) groups is 1. The molecule has 144 valence electrons. The molecular weight excluding hydrogens is 332 g/mol. The maximum absolute atomic E-state index is 11.8. The third-order valence-corrected chi connectivity index (χ3v) is 12.0. The first kappa shape index (κ1) is 15.1. The van der Waals surface area contributed by atoms with Gasteiger partial charge in [0.15, 0.2) is 0 Å². The summed E-state index contributed by atoms with van der Waals surface area (Å²) in [4.78, 5) is 11.8. The van der Waals surface area contributed by atoms with Crippen molar-refractivity contribution in [2.24, 2.45) is 82.9 Å². The molecule has 0 amide bonds. The molecule has 0 N–H and O–H groups in total. The van der Waals surface area contributed by atoms with Gasteiger partial charge in [0.25, 0.3) is 0 Å². The molecule has 0 aromatic heterocycles. The van der Waals surface area contributed by atoms with Crippen LogP contribution in [0.5, 0.6) is 0 Å². The second kappa shape index (κ2) is 4.68. The number of hydrogen-bond donors (Lipinski definition) is 0. The van der Waals surface area contributed by atoms with E-state index in [1.54, 1.807) is 32.1 Å². The fraction of sp³-hybridized carbons (Fsp3) is 0.880. The lowest BCUT2D eigenvalue weighted by atomic mass is 9.54. The molecule has 8 rings (SSSR count). The van der Waals surface area contributed by atoms with Crippen LogP contribution in [0.1, 0.15) is 44.9 Å². The number of fused-ring (bicyclic) bond motifs is 23. The van der Waals surface area contributed by atoms with E-state index in [9.17, 15) is 4.79 Å². The molecule has 0 heterocycles. The maximum Gasteiger partial charge on any atom is 0.330 e. The summed E-state index contributed by atoms with van der Waals surface area (Å²) in [6.07, 6.45) is 12.0. The Hall–Kier alpha value is -0.790. The van der Waals surface area contributed by atoms with Crippen molar-refractivity contribution in [1.29, 1.82) is 0 Å². The summed E-state index contributed by atoms with van der Waals surface area (Å²) >= 11 is 0. The molecule has 2 nitrogen and oxygen atoms in total. The second-order valence-corrected chi connectivity index (χ2v) is 12.0. The average molecular weight is 365 g/mol. The van der Waals surface area contributed by atoms with E-state index >= 15 is 0 Å². The van der Waals surface area contributed by atoms with E-state index in [2.05, 4.69) is 6.58 Å². The average Bonchev–Trinajstić information content (AvgIpc) is 3.49. The molecule has 0 aromatic carbocycles. The summed E-state index contributed by atoms with van der Waals surface area (Å²) in [5.74, 6) is 14.3. The van der Waals surface area contributed by atoms with Gasteiger partial charge in [0.1, 0.15) is 6.10 Å². The molecule has 8 aliphatic carbocycles. The number of esters is 1. The first-order valence-corrected chi connectivity index (χ1v) is 12.1. The van der Waals surface area contributed by atoms with Gasteiger partial charge in [-0.1, -0.05) is 6.58 Å². The van der Waals surface area contributed by atoms with Crippen LogP contribution in [-0.4, -0.2) is 12.1 Å². The van der Waals surface area contributed by atoms with Crippen molar-refractivity contribution >= 4 is 5.97 Å². The summed E-state index contributed by atoms with van der Waals surface area (Å²) in [6, 6.07) is 0. The molecule has 8 saturated carbocycles. The second-order valence-electron chi connectivity index (χ2n) is 12.0. The number of ether oxygens (including phenoxy) is 1. The molecule has 0 aliphatic heterocycles. The van der Waals surface area contributed by atoms with Crippen molar-refractivity contribution < 1.29 is 9.53 Å². The van der Waals surface area contributed by atoms with E-state index in [-0.39, 0.29) is 12.1 Å². The highest BCUT2D eigenvalue weighted by Crippen LogP contribution is 2.81. The van der Waals surface area contributed by atoms with E-state index in [1.807, 2.05) is 0 Å². The Kier molecular flexibility index (Phi) is 2.62. The van der Waals surface area contributed by atoms with Crippen molar-refractivity contribution in [2.75, 3.05) is 0 Å². The Morgan fingerprint density at radius 1 is 0.667 bits per heavy atom. The van der Waals surface area contributed by atoms with Gasteiger partial charge in [-0.15, -0.1) is 0 Å². The fourth-order valence-electron chi connectivity index (χ4n) is 12.3. The Labute approximate surface area is 162 Å². The van der Waals surface area contributed by atoms with Gasteiger partial charge in [0.2, 0.25) is 0 Å². The molecule has 8 fully saturated rings. The molecular formula is C25H32O2. The Balaban J connectivity index is 1.13. The minimum atomic E-state index is -0.185. The molecule has 0 radical (unpaired) electrons. The van der Waals surface area contributed by atoms with E-state index in [0.717, 1.165) is 83.4 Å². The Bertz CT molecular complexity index is 743. The Morgan fingerprint density at radius 3 is 1.85 bits per heavy atom. The molecule has 27 heavy (non-hydrogen) atoms. The maximum atomic E-state index is 11.8. The summed E-state index contributed by atoms with van der Waals surface area (Å²) in [6.45, 7) is 3.61. The van der Waals surface area contributed by atoms with Crippen LogP contribution in [-0.2, 0) is 9.53 Å². The van der Waals surface area contributed by atoms with Crippen LogP contribution < -0.4 is 0 Å². The zero-order chi connectivity index (χ0) is 17.6. The molecule has 0 saturated heterocycles. The smallest absolute Gasteiger partial charge is 0.330 e. The third kappa shape index (κ3) is 1.53. The SMILES string of the molecule is C=CC(=O)OC1CC2CC1C1C3CC(C21)C1C2CC(C4C5CCC(C5)C24)C31. The standard InChI is InChI=1S/C25H32O2/c1-2-19(26)27-18-7-12-6-13(18)23-17-9-16(22(12)23)24-14-8-15(25(17)24)21-11-4-3-10(5-11)20(14)21/h2,10-18,20-25H,1,3-9H2. The number of carbonyl (C=O) groups excluding carboxylic acids is 1. The summed E-state index contributed by atoms with van der Waals surface area (Å²) in [7, 11) is 0. The van der Waals surface area contributed by atoms with Crippen molar-refractivity contribution in [3.05, 3.63) is 12.7 Å². The molecule has 15 atom stereocenters. The van der Waals surface area contributed by atoms with Gasteiger partial charge < -0.3 is 4.74 Å². The predicted molar refractivity (Wildman–Crippen MR) is 101 cm³/mol. The van der Waals surface area contributed by atoms with Gasteiger partial charge in [-0.3, -0.25) is 0 Å². The van der Waals surface area contributed by atoms with Gasteiger partial charge in [0, 0.05) is 6.08 Å². The van der Waals surface area contributed by atoms with Crippen LogP contribution in [0.25, 0.3) is 0 Å². The number of hydrogen-bond acceptors (Lipinski definition) is 2. The minimum Gasteiger partial charge on any atom is -0.459 e. The molecule has 2 heteroatoms. The van der Waals surface area contributed by atoms with Crippen molar-refractivity contribution in [3.63, 3.8) is 0 Å². The van der Waals surface area contributed by atoms with Crippen molar-refractivity contribution in [3.8, 4) is 0 Å². The quantitative estimate of drug-likeness (QED) is 0.408. The summed E-state index contributed by atoms with van der Waals surface area (Å²) in [5.41, 5.74) is 0. The molecule has 8 bridgehead atoms. The monoisotopic (exact) mass is 364 g/mol. The minimum absolute atomic E-state index is 0.185. The topological polar surface area (TPSA) is 26.3 Å². The zero-order valence-corrected chi connectivity index (χ0v) is 16.2. The first-order valence-electron chi connectivity index (χ1n) is 12.1. The van der Waals surface area contributed by atoms with Gasteiger partial charge >= 0.3 is 5.97 Å². The first-order chi connectivity index (χ1) is 13.2. The largest absolute Gasteiger partial charge is 0.459 e. The summed E-state index contributed by atoms with van der Waals surface area (Å²) < 4.78 is 5.84. The highest BCUT2D eigenvalue weighted by Gasteiger charge is 2.76. The van der Waals surface area contributed by atoms with Crippen molar-refractivity contribution in [1.82, 2.24) is 0 Å². The summed E-state index contributed by atoms with van der Waals surface area (Å²) in [5, 5.41) is 0. The van der Waals surface area contributed by atoms with Crippen LogP contribution in [0.4, 0.5) is 0 Å². The lowest BCUT2D eigenvalue weighted by Crippen LogP contribution is -2.48. The molecule has 15 unspecified atom stereocenters. The van der Waals surface area contributed by atoms with Gasteiger partial charge in [-0.25, -0.2) is 4.79 Å². The van der Waals surface area contributed by atoms with Crippen LogP contribution in [0.3, 0.4) is 0 Å². The lowest BCUT2D eigenvalue weighted by molar-refractivity contribution is -0.149. The fourth-order valence-corrected chi connectivity index (χ4v) is 12.3. The highest BCUT2D eigenvalue weighted by atomic mass is 16.5. The van der Waals surface area contributed by atoms with Crippen LogP contribution in [0, 0.1) is 82.9 Å². The van der Waals surface area contributed by atoms with E-state index in [0.29, 0.717) is 5.92 Å². The van der Waals surface area contributed by atoms with Gasteiger partial charge in [-0.05, 0) is 128 Å². The van der Waals surface area contributed by atoms with E-state index in [4.69, 9.17) is 4.74 Å².